The molecule has 0 spiro atoms. The fourth-order valence-electron chi connectivity index (χ4n) is 1.02. The summed E-state index contributed by atoms with van der Waals surface area (Å²) in [6.45, 7) is 2.49. The number of nitrogens with one attached hydrogen (secondary N) is 1. The fourth-order valence-corrected chi connectivity index (χ4v) is 1.02. The maximum absolute atomic E-state index is 10.3. The molecule has 4 heteroatoms. The highest BCUT2D eigenvalue weighted by atomic mass is 16.4. The maximum atomic E-state index is 10.3. The number of rotatable bonds is 5. The third kappa shape index (κ3) is 3.75. The van der Waals surface area contributed by atoms with Gasteiger partial charge in [0.05, 0.1) is 18.9 Å². The van der Waals surface area contributed by atoms with E-state index in [2.05, 4.69) is 5.32 Å². The molecule has 1 heterocycles. The highest BCUT2D eigenvalue weighted by Gasteiger charge is 2.06. The molecular weight excluding hydrogens is 170 g/mol. The molecule has 0 fully saturated rings. The normalized spacial score (nSPS) is 12.7. The largest absolute Gasteiger partial charge is 0.481 e. The Balaban J connectivity index is 2.22. The van der Waals surface area contributed by atoms with Crippen molar-refractivity contribution in [2.75, 3.05) is 0 Å². The van der Waals surface area contributed by atoms with E-state index in [4.69, 9.17) is 9.52 Å². The van der Waals surface area contributed by atoms with Crippen molar-refractivity contribution < 1.29 is 14.3 Å². The van der Waals surface area contributed by atoms with Crippen molar-refractivity contribution in [2.45, 2.75) is 25.9 Å². The zero-order valence-electron chi connectivity index (χ0n) is 7.49. The molecule has 0 aliphatic heterocycles. The van der Waals surface area contributed by atoms with Crippen LogP contribution in [0.5, 0.6) is 0 Å². The SMILES string of the molecule is CC(CC(=O)O)NCc1ccoc1. The second-order valence-electron chi connectivity index (χ2n) is 3.01. The van der Waals surface area contributed by atoms with E-state index in [0.717, 1.165) is 5.56 Å². The van der Waals surface area contributed by atoms with Gasteiger partial charge >= 0.3 is 5.97 Å². The van der Waals surface area contributed by atoms with Gasteiger partial charge in [-0.2, -0.15) is 0 Å². The third-order valence-electron chi connectivity index (χ3n) is 1.72. The van der Waals surface area contributed by atoms with Gasteiger partial charge in [-0.15, -0.1) is 0 Å². The van der Waals surface area contributed by atoms with Gasteiger partial charge in [-0.3, -0.25) is 4.79 Å². The lowest BCUT2D eigenvalue weighted by Gasteiger charge is -2.09. The molecule has 0 radical (unpaired) electrons. The van der Waals surface area contributed by atoms with Crippen LogP contribution in [0.3, 0.4) is 0 Å². The van der Waals surface area contributed by atoms with E-state index in [1.54, 1.807) is 12.5 Å². The monoisotopic (exact) mass is 183 g/mol. The minimum Gasteiger partial charge on any atom is -0.481 e. The Morgan fingerprint density at radius 3 is 3.08 bits per heavy atom. The van der Waals surface area contributed by atoms with Gasteiger partial charge in [-0.1, -0.05) is 0 Å². The number of carboxylic acids is 1. The summed E-state index contributed by atoms with van der Waals surface area (Å²) in [6.07, 6.45) is 3.37. The van der Waals surface area contributed by atoms with Crippen LogP contribution in [-0.2, 0) is 11.3 Å². The average Bonchev–Trinajstić information content (AvgIpc) is 2.51. The van der Waals surface area contributed by atoms with Gasteiger partial charge in [-0.25, -0.2) is 0 Å². The molecule has 0 saturated carbocycles. The lowest BCUT2D eigenvalue weighted by atomic mass is 10.2. The Morgan fingerprint density at radius 1 is 1.77 bits per heavy atom. The minimum atomic E-state index is -0.785. The van der Waals surface area contributed by atoms with Crippen LogP contribution in [0.2, 0.25) is 0 Å². The number of furan rings is 1. The zero-order valence-corrected chi connectivity index (χ0v) is 7.49. The first-order valence-corrected chi connectivity index (χ1v) is 4.14. The fraction of sp³-hybridized carbons (Fsp3) is 0.444. The summed E-state index contributed by atoms with van der Waals surface area (Å²) in [4.78, 5) is 10.3. The van der Waals surface area contributed by atoms with E-state index in [9.17, 15) is 4.79 Å². The molecule has 1 atom stereocenters. The maximum Gasteiger partial charge on any atom is 0.304 e. The van der Waals surface area contributed by atoms with Crippen LogP contribution in [0, 0.1) is 0 Å². The van der Waals surface area contributed by atoms with Crippen molar-refractivity contribution in [2.24, 2.45) is 0 Å². The molecule has 13 heavy (non-hydrogen) atoms. The van der Waals surface area contributed by atoms with Crippen LogP contribution in [0.15, 0.2) is 23.0 Å². The van der Waals surface area contributed by atoms with Gasteiger partial charge in [0.25, 0.3) is 0 Å². The van der Waals surface area contributed by atoms with E-state index >= 15 is 0 Å². The molecule has 1 aromatic heterocycles. The Hall–Kier alpha value is -1.29. The van der Waals surface area contributed by atoms with Crippen LogP contribution >= 0.6 is 0 Å². The summed E-state index contributed by atoms with van der Waals surface area (Å²) in [5.74, 6) is -0.785. The predicted molar refractivity (Wildman–Crippen MR) is 47.3 cm³/mol. The topological polar surface area (TPSA) is 62.5 Å². The summed E-state index contributed by atoms with van der Waals surface area (Å²) in [5.41, 5.74) is 1.03. The number of carbonyl (C=O) groups is 1. The lowest BCUT2D eigenvalue weighted by molar-refractivity contribution is -0.137. The first-order valence-electron chi connectivity index (χ1n) is 4.14. The predicted octanol–water partition coefficient (Wildman–Crippen LogP) is 1.23. The van der Waals surface area contributed by atoms with Gasteiger partial charge in [-0.05, 0) is 13.0 Å². The first kappa shape index (κ1) is 9.80. The molecule has 0 saturated heterocycles. The van der Waals surface area contributed by atoms with Crippen molar-refractivity contribution in [1.82, 2.24) is 5.32 Å². The van der Waals surface area contributed by atoms with Crippen LogP contribution < -0.4 is 5.32 Å². The smallest absolute Gasteiger partial charge is 0.304 e. The molecular formula is C9H13NO3. The number of hydrogen-bond acceptors (Lipinski definition) is 3. The van der Waals surface area contributed by atoms with Crippen molar-refractivity contribution in [1.29, 1.82) is 0 Å². The summed E-state index contributed by atoms with van der Waals surface area (Å²) < 4.78 is 4.87. The van der Waals surface area contributed by atoms with E-state index in [1.807, 2.05) is 13.0 Å². The molecule has 0 aliphatic rings. The second-order valence-corrected chi connectivity index (χ2v) is 3.01. The third-order valence-corrected chi connectivity index (χ3v) is 1.72. The highest BCUT2D eigenvalue weighted by Crippen LogP contribution is 2.00. The van der Waals surface area contributed by atoms with Gasteiger partial charge in [0.2, 0.25) is 0 Å². The minimum absolute atomic E-state index is 0.0209. The van der Waals surface area contributed by atoms with Crippen LogP contribution in [-0.4, -0.2) is 17.1 Å². The van der Waals surface area contributed by atoms with Crippen molar-refractivity contribution in [3.8, 4) is 0 Å². The van der Waals surface area contributed by atoms with Crippen molar-refractivity contribution in [3.05, 3.63) is 24.2 Å². The molecule has 0 amide bonds. The van der Waals surface area contributed by atoms with E-state index in [-0.39, 0.29) is 12.5 Å². The Kier molecular flexibility index (Phi) is 3.52. The molecule has 72 valence electrons. The zero-order chi connectivity index (χ0) is 9.68. The van der Waals surface area contributed by atoms with E-state index in [0.29, 0.717) is 6.54 Å². The highest BCUT2D eigenvalue weighted by molar-refractivity contribution is 5.67. The average molecular weight is 183 g/mol. The summed E-state index contributed by atoms with van der Waals surface area (Å²) >= 11 is 0. The van der Waals surface area contributed by atoms with Gasteiger partial charge in [0, 0.05) is 18.2 Å². The molecule has 0 aliphatic carbocycles. The second kappa shape index (κ2) is 4.67. The molecule has 1 unspecified atom stereocenters. The van der Waals surface area contributed by atoms with Gasteiger partial charge in [0.15, 0.2) is 0 Å². The Labute approximate surface area is 76.6 Å². The lowest BCUT2D eigenvalue weighted by Crippen LogP contribution is -2.27. The van der Waals surface area contributed by atoms with E-state index < -0.39 is 5.97 Å². The first-order chi connectivity index (χ1) is 6.18. The van der Waals surface area contributed by atoms with Gasteiger partial charge < -0.3 is 14.8 Å². The van der Waals surface area contributed by atoms with Crippen LogP contribution in [0.1, 0.15) is 18.9 Å². The van der Waals surface area contributed by atoms with Crippen LogP contribution in [0.4, 0.5) is 0 Å². The molecule has 0 bridgehead atoms. The summed E-state index contributed by atoms with van der Waals surface area (Å²) in [7, 11) is 0. The molecule has 0 aromatic carbocycles. The molecule has 4 nitrogen and oxygen atoms in total. The van der Waals surface area contributed by atoms with Crippen molar-refractivity contribution in [3.63, 3.8) is 0 Å². The number of hydrogen-bond donors (Lipinski definition) is 2. The Morgan fingerprint density at radius 2 is 2.54 bits per heavy atom. The molecule has 1 aromatic rings. The summed E-state index contributed by atoms with van der Waals surface area (Å²) in [6, 6.07) is 1.83. The van der Waals surface area contributed by atoms with Crippen LogP contribution in [0.25, 0.3) is 0 Å². The summed E-state index contributed by atoms with van der Waals surface area (Å²) in [5, 5.41) is 11.6. The standard InChI is InChI=1S/C9H13NO3/c1-7(4-9(11)12)10-5-8-2-3-13-6-8/h2-3,6-7,10H,4-5H2,1H3,(H,11,12). The van der Waals surface area contributed by atoms with Crippen molar-refractivity contribution >= 4 is 5.97 Å². The number of aliphatic carboxylic acids is 1. The number of carboxylic acid groups (broad SMARTS) is 1. The molecule has 1 rings (SSSR count). The Bertz CT molecular complexity index is 256. The van der Waals surface area contributed by atoms with Gasteiger partial charge in [0.1, 0.15) is 0 Å². The van der Waals surface area contributed by atoms with E-state index in [1.165, 1.54) is 0 Å². The quantitative estimate of drug-likeness (QED) is 0.720. The molecule has 2 N–H and O–H groups in total.